The summed E-state index contributed by atoms with van der Waals surface area (Å²) in [7, 11) is 1.58. The zero-order valence-electron chi connectivity index (χ0n) is 20.0. The molecule has 7 nitrogen and oxygen atoms in total. The van der Waals surface area contributed by atoms with Crippen LogP contribution in [-0.4, -0.2) is 53.2 Å². The Bertz CT molecular complexity index is 718. The Morgan fingerprint density at radius 2 is 2.00 bits per heavy atom. The highest BCUT2D eigenvalue weighted by atomic mass is 16.6. The second kappa shape index (κ2) is 11.3. The van der Waals surface area contributed by atoms with E-state index in [1.165, 1.54) is 0 Å². The number of likely N-dealkylation sites (tertiary alicyclic amines) is 1. The van der Waals surface area contributed by atoms with Crippen LogP contribution in [0.1, 0.15) is 73.6 Å². The van der Waals surface area contributed by atoms with Crippen molar-refractivity contribution in [1.29, 1.82) is 0 Å². The van der Waals surface area contributed by atoms with Crippen LogP contribution < -0.4 is 5.32 Å². The number of nitrogens with one attached hydrogen (secondary N) is 1. The molecule has 0 spiro atoms. The van der Waals surface area contributed by atoms with Gasteiger partial charge in [-0.25, -0.2) is 9.69 Å². The van der Waals surface area contributed by atoms with Gasteiger partial charge in [-0.3, -0.25) is 9.59 Å². The number of imide groups is 1. The third kappa shape index (κ3) is 7.10. The maximum atomic E-state index is 13.0. The molecule has 1 saturated heterocycles. The highest BCUT2D eigenvalue weighted by Gasteiger charge is 2.53. The first-order valence-corrected chi connectivity index (χ1v) is 10.9. The van der Waals surface area contributed by atoms with Gasteiger partial charge in [0.15, 0.2) is 0 Å². The molecule has 0 aromatic heterocycles. The fraction of sp³-hybridized carbons (Fsp3) is 0.708. The maximum absolute atomic E-state index is 13.0. The van der Waals surface area contributed by atoms with Crippen molar-refractivity contribution in [2.45, 2.75) is 96.9 Å². The van der Waals surface area contributed by atoms with Gasteiger partial charge in [0.25, 0.3) is 0 Å². The van der Waals surface area contributed by atoms with Gasteiger partial charge in [-0.05, 0) is 41.0 Å². The summed E-state index contributed by atoms with van der Waals surface area (Å²) >= 11 is 0. The summed E-state index contributed by atoms with van der Waals surface area (Å²) in [5.74, 6) is 1.60. The lowest BCUT2D eigenvalue weighted by Gasteiger charge is -2.44. The van der Waals surface area contributed by atoms with Gasteiger partial charge < -0.3 is 14.8 Å². The molecule has 0 saturated carbocycles. The summed E-state index contributed by atoms with van der Waals surface area (Å²) in [6.07, 6.45) is 10.4. The number of carbonyl (C=O) groups excluding carboxylic acids is 3. The van der Waals surface area contributed by atoms with Gasteiger partial charge in [0, 0.05) is 32.3 Å². The Balaban J connectivity index is 3.50. The lowest BCUT2D eigenvalue weighted by atomic mass is 9.80. The van der Waals surface area contributed by atoms with Crippen LogP contribution >= 0.6 is 0 Å². The number of nitrogens with zero attached hydrogens (tertiary/aromatic N) is 1. The molecule has 0 radical (unpaired) electrons. The zero-order valence-corrected chi connectivity index (χ0v) is 20.0. The maximum Gasteiger partial charge on any atom is 0.417 e. The molecule has 1 N–H and O–H groups in total. The molecule has 0 aliphatic carbocycles. The molecule has 1 aliphatic heterocycles. The molecule has 0 aromatic rings. The van der Waals surface area contributed by atoms with E-state index in [0.717, 1.165) is 11.3 Å². The van der Waals surface area contributed by atoms with Gasteiger partial charge in [0.05, 0.1) is 17.7 Å². The number of hydrogen-bond acceptors (Lipinski definition) is 5. The van der Waals surface area contributed by atoms with E-state index in [0.29, 0.717) is 12.8 Å². The fourth-order valence-electron chi connectivity index (χ4n) is 4.05. The van der Waals surface area contributed by atoms with Crippen LogP contribution in [-0.2, 0) is 19.1 Å². The summed E-state index contributed by atoms with van der Waals surface area (Å²) in [5, 5.41) is 3.03. The fourth-order valence-corrected chi connectivity index (χ4v) is 4.05. The van der Waals surface area contributed by atoms with Crippen molar-refractivity contribution in [1.82, 2.24) is 10.2 Å². The Hall–Kier alpha value is -2.33. The number of terminal acetylenes is 1. The number of carbonyl (C=O) groups is 3. The van der Waals surface area contributed by atoms with Gasteiger partial charge in [-0.15, -0.1) is 12.3 Å². The van der Waals surface area contributed by atoms with E-state index in [1.54, 1.807) is 27.9 Å². The standard InChI is InChI=1S/C24H38N2O5/c1-9-12-14-18(27)25-21(24(7,30-8)15-11-3)20-17(13-10-2)16-19(28)26(20)22(29)31-23(4,5)6/h1,10,13,17,20-21H,11-12,14-16H2,2-8H3,(H,25,27)/b13-10-/t17-,20-,21-,24?/m1/s1. The average Bonchev–Trinajstić information content (AvgIpc) is 2.99. The van der Waals surface area contributed by atoms with Gasteiger partial charge in [0.1, 0.15) is 5.60 Å². The van der Waals surface area contributed by atoms with Gasteiger partial charge >= 0.3 is 6.09 Å². The van der Waals surface area contributed by atoms with Crippen LogP contribution in [0.5, 0.6) is 0 Å². The Morgan fingerprint density at radius 1 is 1.35 bits per heavy atom. The molecule has 0 bridgehead atoms. The van der Waals surface area contributed by atoms with E-state index in [9.17, 15) is 14.4 Å². The van der Waals surface area contributed by atoms with E-state index < -0.39 is 29.4 Å². The van der Waals surface area contributed by atoms with E-state index in [-0.39, 0.29) is 30.6 Å². The van der Waals surface area contributed by atoms with Crippen LogP contribution in [0.25, 0.3) is 0 Å². The quantitative estimate of drug-likeness (QED) is 0.440. The lowest BCUT2D eigenvalue weighted by molar-refractivity contribution is -0.133. The number of hydrogen-bond donors (Lipinski definition) is 1. The molecule has 1 heterocycles. The highest BCUT2D eigenvalue weighted by molar-refractivity contribution is 5.95. The van der Waals surface area contributed by atoms with Crippen LogP contribution in [0.15, 0.2) is 12.2 Å². The summed E-state index contributed by atoms with van der Waals surface area (Å²) in [4.78, 5) is 39.8. The van der Waals surface area contributed by atoms with Gasteiger partial charge in [-0.2, -0.15) is 0 Å². The minimum atomic E-state index is -0.810. The van der Waals surface area contributed by atoms with Crippen molar-refractivity contribution in [3.63, 3.8) is 0 Å². The van der Waals surface area contributed by atoms with Crippen LogP contribution in [0.2, 0.25) is 0 Å². The van der Waals surface area contributed by atoms with E-state index in [4.69, 9.17) is 15.9 Å². The number of methoxy groups -OCH3 is 1. The third-order valence-electron chi connectivity index (χ3n) is 5.47. The van der Waals surface area contributed by atoms with Crippen LogP contribution in [0.4, 0.5) is 4.79 Å². The lowest BCUT2D eigenvalue weighted by Crippen LogP contribution is -2.63. The molecular weight excluding hydrogens is 396 g/mol. The number of rotatable bonds is 9. The number of allylic oxidation sites excluding steroid dienone is 1. The predicted molar refractivity (Wildman–Crippen MR) is 120 cm³/mol. The monoisotopic (exact) mass is 434 g/mol. The van der Waals surface area contributed by atoms with Crippen molar-refractivity contribution in [3.8, 4) is 12.3 Å². The summed E-state index contributed by atoms with van der Waals surface area (Å²) in [5.41, 5.74) is -1.57. The topological polar surface area (TPSA) is 84.9 Å². The summed E-state index contributed by atoms with van der Waals surface area (Å²) in [6, 6.07) is -1.28. The number of amides is 3. The largest absolute Gasteiger partial charge is 0.443 e. The van der Waals surface area contributed by atoms with Crippen molar-refractivity contribution in [3.05, 3.63) is 12.2 Å². The van der Waals surface area contributed by atoms with Crippen LogP contribution in [0, 0.1) is 18.3 Å². The average molecular weight is 435 g/mol. The molecule has 31 heavy (non-hydrogen) atoms. The highest BCUT2D eigenvalue weighted by Crippen LogP contribution is 2.37. The van der Waals surface area contributed by atoms with Crippen molar-refractivity contribution < 1.29 is 23.9 Å². The Morgan fingerprint density at radius 3 is 2.48 bits per heavy atom. The van der Waals surface area contributed by atoms with E-state index in [2.05, 4.69) is 11.2 Å². The molecule has 3 amide bonds. The molecule has 174 valence electrons. The minimum Gasteiger partial charge on any atom is -0.443 e. The molecule has 1 aliphatic rings. The summed E-state index contributed by atoms with van der Waals surface area (Å²) < 4.78 is 11.4. The number of ether oxygens (including phenoxy) is 2. The second-order valence-electron chi connectivity index (χ2n) is 9.14. The molecule has 1 rings (SSSR count). The molecule has 7 heteroatoms. The van der Waals surface area contributed by atoms with Gasteiger partial charge in [0.2, 0.25) is 11.8 Å². The van der Waals surface area contributed by atoms with E-state index >= 15 is 0 Å². The van der Waals surface area contributed by atoms with Crippen LogP contribution in [0.3, 0.4) is 0 Å². The first kappa shape index (κ1) is 26.7. The molecule has 4 atom stereocenters. The SMILES string of the molecule is C#CCCC(=O)N[C@H]([C@H]1[C@H](/C=C\C)CC(=O)N1C(=O)OC(C)(C)C)C(C)(CCC)OC. The Kier molecular flexibility index (Phi) is 9.76. The summed E-state index contributed by atoms with van der Waals surface area (Å²) in [6.45, 7) is 11.0. The molecule has 1 unspecified atom stereocenters. The van der Waals surface area contributed by atoms with Gasteiger partial charge in [-0.1, -0.05) is 25.5 Å². The predicted octanol–water partition coefficient (Wildman–Crippen LogP) is 3.82. The van der Waals surface area contributed by atoms with Crippen molar-refractivity contribution in [2.75, 3.05) is 7.11 Å². The third-order valence-corrected chi connectivity index (χ3v) is 5.47. The normalized spacial score (nSPS) is 22.1. The van der Waals surface area contributed by atoms with E-state index in [1.807, 2.05) is 32.9 Å². The molecule has 0 aromatic carbocycles. The smallest absolute Gasteiger partial charge is 0.417 e. The second-order valence-corrected chi connectivity index (χ2v) is 9.14. The van der Waals surface area contributed by atoms with Crippen molar-refractivity contribution >= 4 is 17.9 Å². The minimum absolute atomic E-state index is 0.150. The van der Waals surface area contributed by atoms with Crippen molar-refractivity contribution in [2.24, 2.45) is 5.92 Å². The Labute approximate surface area is 186 Å². The molecule has 1 fully saturated rings. The first-order valence-electron chi connectivity index (χ1n) is 10.9. The molecular formula is C24H38N2O5. The zero-order chi connectivity index (χ0) is 23.8. The first-order chi connectivity index (χ1) is 14.4.